The highest BCUT2D eigenvalue weighted by Gasteiger charge is 2.28. The van der Waals surface area contributed by atoms with E-state index in [0.717, 1.165) is 34.1 Å². The Hall–Kier alpha value is -0.990. The van der Waals surface area contributed by atoms with E-state index < -0.39 is 0 Å². The summed E-state index contributed by atoms with van der Waals surface area (Å²) in [5, 5.41) is 9.30. The van der Waals surface area contributed by atoms with Crippen LogP contribution < -0.4 is 5.73 Å². The molecule has 1 fully saturated rings. The molecule has 2 N–H and O–H groups in total. The average Bonchev–Trinajstić information content (AvgIpc) is 3.05. The molecule has 0 aliphatic heterocycles. The lowest BCUT2D eigenvalue weighted by Crippen LogP contribution is -2.09. The molecule has 0 saturated heterocycles. The van der Waals surface area contributed by atoms with E-state index in [1.54, 1.807) is 11.8 Å². The van der Waals surface area contributed by atoms with Crippen LogP contribution in [-0.2, 0) is 13.0 Å². The molecule has 0 aromatic carbocycles. The molecule has 0 unspecified atom stereocenters. The molecule has 0 atom stereocenters. The summed E-state index contributed by atoms with van der Waals surface area (Å²) in [6, 6.07) is 0. The maximum absolute atomic E-state index is 5.58. The van der Waals surface area contributed by atoms with Crippen molar-refractivity contribution >= 4 is 23.3 Å². The smallest absolute Gasteiger partial charge is 0.198 e. The van der Waals surface area contributed by atoms with Gasteiger partial charge in [0.05, 0.1) is 0 Å². The molecule has 0 spiro atoms. The minimum atomic E-state index is 0.591. The molecule has 0 bridgehead atoms. The van der Waals surface area contributed by atoms with Crippen molar-refractivity contribution in [2.45, 2.75) is 48.1 Å². The summed E-state index contributed by atoms with van der Waals surface area (Å²) < 4.78 is 7.45. The van der Waals surface area contributed by atoms with Crippen LogP contribution in [0.2, 0.25) is 0 Å². The minimum Gasteiger partial charge on any atom is -0.330 e. The number of aromatic nitrogens is 5. The van der Waals surface area contributed by atoms with Gasteiger partial charge in [0.15, 0.2) is 9.50 Å². The predicted octanol–water partition coefficient (Wildman–Crippen LogP) is 1.68. The standard InChI is InChI=1S/C11H16N6S2/c1-2-17-8(5-6-12)14-15-10(17)18-11-13-9(16-19-11)7-3-4-7/h7H,2-6,12H2,1H3. The van der Waals surface area contributed by atoms with E-state index >= 15 is 0 Å². The van der Waals surface area contributed by atoms with Gasteiger partial charge in [0.25, 0.3) is 0 Å². The van der Waals surface area contributed by atoms with Gasteiger partial charge >= 0.3 is 0 Å². The molecule has 1 aliphatic carbocycles. The van der Waals surface area contributed by atoms with Crippen LogP contribution in [0.5, 0.6) is 0 Å². The molecule has 102 valence electrons. The Morgan fingerprint density at radius 3 is 2.95 bits per heavy atom. The molecule has 0 radical (unpaired) electrons. The fraction of sp³-hybridized carbons (Fsp3) is 0.636. The van der Waals surface area contributed by atoms with E-state index in [1.165, 1.54) is 24.4 Å². The van der Waals surface area contributed by atoms with Gasteiger partial charge in [0.2, 0.25) is 0 Å². The van der Waals surface area contributed by atoms with Crippen LogP contribution in [0.15, 0.2) is 9.50 Å². The third-order valence-corrected chi connectivity index (χ3v) is 4.77. The van der Waals surface area contributed by atoms with Gasteiger partial charge in [-0.15, -0.1) is 10.2 Å². The summed E-state index contributed by atoms with van der Waals surface area (Å²) in [4.78, 5) is 4.56. The third kappa shape index (κ3) is 2.80. The van der Waals surface area contributed by atoms with Crippen molar-refractivity contribution in [1.82, 2.24) is 24.1 Å². The number of rotatable bonds is 6. The number of nitrogens with zero attached hydrogens (tertiary/aromatic N) is 5. The van der Waals surface area contributed by atoms with E-state index in [9.17, 15) is 0 Å². The van der Waals surface area contributed by atoms with E-state index in [0.29, 0.717) is 12.5 Å². The van der Waals surface area contributed by atoms with Gasteiger partial charge in [-0.3, -0.25) is 0 Å². The van der Waals surface area contributed by atoms with E-state index in [4.69, 9.17) is 5.73 Å². The lowest BCUT2D eigenvalue weighted by Gasteiger charge is -2.04. The highest BCUT2D eigenvalue weighted by molar-refractivity contribution is 8.00. The molecule has 19 heavy (non-hydrogen) atoms. The SMILES string of the molecule is CCn1c(CCN)nnc1Sc1nc(C2CC2)ns1. The van der Waals surface area contributed by atoms with Crippen LogP contribution in [0.3, 0.4) is 0 Å². The summed E-state index contributed by atoms with van der Waals surface area (Å²) in [5.41, 5.74) is 5.58. The molecule has 1 saturated carbocycles. The van der Waals surface area contributed by atoms with Crippen LogP contribution in [-0.4, -0.2) is 30.7 Å². The molecule has 8 heteroatoms. The Kier molecular flexibility index (Phi) is 3.81. The second kappa shape index (κ2) is 5.56. The Morgan fingerprint density at radius 1 is 1.42 bits per heavy atom. The van der Waals surface area contributed by atoms with Crippen molar-refractivity contribution in [2.24, 2.45) is 5.73 Å². The maximum Gasteiger partial charge on any atom is 0.198 e. The van der Waals surface area contributed by atoms with Crippen LogP contribution in [0, 0.1) is 0 Å². The number of nitrogens with two attached hydrogens (primary N) is 1. The van der Waals surface area contributed by atoms with Crippen molar-refractivity contribution in [2.75, 3.05) is 6.54 Å². The maximum atomic E-state index is 5.58. The van der Waals surface area contributed by atoms with Crippen molar-refractivity contribution in [3.05, 3.63) is 11.6 Å². The molecular formula is C11H16N6S2. The summed E-state index contributed by atoms with van der Waals surface area (Å²) in [7, 11) is 0. The first-order valence-electron chi connectivity index (χ1n) is 6.45. The highest BCUT2D eigenvalue weighted by atomic mass is 32.2. The molecule has 3 rings (SSSR count). The van der Waals surface area contributed by atoms with Crippen LogP contribution in [0.25, 0.3) is 0 Å². The predicted molar refractivity (Wildman–Crippen MR) is 74.5 cm³/mol. The Labute approximate surface area is 120 Å². The summed E-state index contributed by atoms with van der Waals surface area (Å²) in [6.07, 6.45) is 3.21. The normalized spacial score (nSPS) is 15.1. The number of hydrogen-bond donors (Lipinski definition) is 1. The summed E-state index contributed by atoms with van der Waals surface area (Å²) in [5.74, 6) is 2.54. The largest absolute Gasteiger partial charge is 0.330 e. The summed E-state index contributed by atoms with van der Waals surface area (Å²) >= 11 is 3.00. The second-order valence-corrected chi connectivity index (χ2v) is 6.44. The van der Waals surface area contributed by atoms with Crippen molar-refractivity contribution in [1.29, 1.82) is 0 Å². The molecule has 0 amide bonds. The van der Waals surface area contributed by atoms with Crippen molar-refractivity contribution in [3.63, 3.8) is 0 Å². The van der Waals surface area contributed by atoms with Crippen LogP contribution in [0.4, 0.5) is 0 Å². The van der Waals surface area contributed by atoms with Gasteiger partial charge in [0, 0.05) is 18.9 Å². The van der Waals surface area contributed by atoms with E-state index in [1.807, 2.05) is 0 Å². The zero-order valence-corrected chi connectivity index (χ0v) is 12.4. The van der Waals surface area contributed by atoms with Crippen molar-refractivity contribution < 1.29 is 0 Å². The van der Waals surface area contributed by atoms with Crippen LogP contribution in [0.1, 0.15) is 37.3 Å². The molecular weight excluding hydrogens is 280 g/mol. The fourth-order valence-corrected chi connectivity index (χ4v) is 3.58. The Balaban J connectivity index is 1.77. The topological polar surface area (TPSA) is 82.5 Å². The van der Waals surface area contributed by atoms with E-state index in [2.05, 4.69) is 31.0 Å². The van der Waals surface area contributed by atoms with Gasteiger partial charge < -0.3 is 10.3 Å². The Bertz CT molecular complexity index is 559. The molecule has 6 nitrogen and oxygen atoms in total. The highest BCUT2D eigenvalue weighted by Crippen LogP contribution is 2.40. The minimum absolute atomic E-state index is 0.591. The van der Waals surface area contributed by atoms with Gasteiger partial charge in [-0.05, 0) is 49.6 Å². The number of hydrogen-bond acceptors (Lipinski definition) is 7. The fourth-order valence-electron chi connectivity index (χ4n) is 1.87. The first-order chi connectivity index (χ1) is 9.31. The quantitative estimate of drug-likeness (QED) is 0.873. The van der Waals surface area contributed by atoms with E-state index in [-0.39, 0.29) is 0 Å². The zero-order valence-electron chi connectivity index (χ0n) is 10.7. The van der Waals surface area contributed by atoms with Gasteiger partial charge in [0.1, 0.15) is 11.6 Å². The first kappa shape index (κ1) is 13.0. The molecule has 2 heterocycles. The third-order valence-electron chi connectivity index (χ3n) is 3.02. The average molecular weight is 296 g/mol. The first-order valence-corrected chi connectivity index (χ1v) is 8.04. The van der Waals surface area contributed by atoms with Gasteiger partial charge in [-0.2, -0.15) is 4.37 Å². The van der Waals surface area contributed by atoms with Gasteiger partial charge in [-0.25, -0.2) is 4.98 Å². The monoisotopic (exact) mass is 296 g/mol. The zero-order chi connectivity index (χ0) is 13.2. The molecule has 2 aromatic rings. The summed E-state index contributed by atoms with van der Waals surface area (Å²) in [6.45, 7) is 3.52. The molecule has 2 aromatic heterocycles. The lowest BCUT2D eigenvalue weighted by molar-refractivity contribution is 0.640. The Morgan fingerprint density at radius 2 is 2.26 bits per heavy atom. The van der Waals surface area contributed by atoms with Gasteiger partial charge in [-0.1, -0.05) is 0 Å². The second-order valence-electron chi connectivity index (χ2n) is 4.48. The molecule has 1 aliphatic rings. The lowest BCUT2D eigenvalue weighted by atomic mass is 10.4. The van der Waals surface area contributed by atoms with Crippen molar-refractivity contribution in [3.8, 4) is 0 Å². The van der Waals surface area contributed by atoms with Crippen LogP contribution >= 0.6 is 23.3 Å².